The van der Waals surface area contributed by atoms with Gasteiger partial charge in [0.1, 0.15) is 5.75 Å². The Labute approximate surface area is 134 Å². The molecule has 3 rings (SSSR count). The second-order valence-electron chi connectivity index (χ2n) is 8.68. The summed E-state index contributed by atoms with van der Waals surface area (Å²) in [6, 6.07) is 3.92. The maximum absolute atomic E-state index is 10.9. The molecule has 0 bridgehead atoms. The van der Waals surface area contributed by atoms with Crippen molar-refractivity contribution in [1.29, 1.82) is 0 Å². The van der Waals surface area contributed by atoms with Crippen molar-refractivity contribution in [3.05, 3.63) is 28.8 Å². The fraction of sp³-hybridized carbons (Fsp3) is 0.700. The van der Waals surface area contributed by atoms with Gasteiger partial charge in [0.25, 0.3) is 0 Å². The van der Waals surface area contributed by atoms with Crippen LogP contribution in [0.2, 0.25) is 0 Å². The molecule has 1 saturated carbocycles. The quantitative estimate of drug-likeness (QED) is 0.763. The Hall–Kier alpha value is -1.02. The Morgan fingerprint density at radius 2 is 1.82 bits per heavy atom. The maximum Gasteiger partial charge on any atom is 0.119 e. The van der Waals surface area contributed by atoms with E-state index >= 15 is 0 Å². The largest absolute Gasteiger partial charge is 0.508 e. The highest BCUT2D eigenvalue weighted by Gasteiger charge is 2.52. The van der Waals surface area contributed by atoms with Crippen LogP contribution in [0, 0.1) is 11.3 Å². The predicted octanol–water partition coefficient (Wildman–Crippen LogP) is 5.04. The summed E-state index contributed by atoms with van der Waals surface area (Å²) in [4.78, 5) is 0. The van der Waals surface area contributed by atoms with Crippen molar-refractivity contribution in [2.75, 3.05) is 0 Å². The van der Waals surface area contributed by atoms with Gasteiger partial charge in [0.2, 0.25) is 0 Å². The first-order valence-electron chi connectivity index (χ1n) is 8.73. The molecular weight excluding hydrogens is 272 g/mol. The van der Waals surface area contributed by atoms with Crippen LogP contribution in [-0.4, -0.2) is 10.2 Å². The van der Waals surface area contributed by atoms with Crippen molar-refractivity contribution < 1.29 is 10.2 Å². The summed E-state index contributed by atoms with van der Waals surface area (Å²) >= 11 is 0. The molecule has 2 nitrogen and oxygen atoms in total. The van der Waals surface area contributed by atoms with Gasteiger partial charge in [0.05, 0.1) is 6.10 Å². The van der Waals surface area contributed by atoms with Crippen molar-refractivity contribution in [2.24, 2.45) is 11.3 Å². The van der Waals surface area contributed by atoms with E-state index < -0.39 is 6.10 Å². The molecule has 2 heteroatoms. The molecule has 0 heterocycles. The van der Waals surface area contributed by atoms with Gasteiger partial charge >= 0.3 is 0 Å². The van der Waals surface area contributed by atoms with E-state index in [0.29, 0.717) is 11.7 Å². The molecule has 1 aromatic rings. The molecule has 2 N–H and O–H groups in total. The van der Waals surface area contributed by atoms with Gasteiger partial charge in [0, 0.05) is 5.56 Å². The number of rotatable bonds is 1. The lowest BCUT2D eigenvalue weighted by molar-refractivity contribution is -0.00733. The molecule has 2 aliphatic rings. The van der Waals surface area contributed by atoms with E-state index in [2.05, 4.69) is 40.7 Å². The highest BCUT2D eigenvalue weighted by molar-refractivity contribution is 5.52. The van der Waals surface area contributed by atoms with E-state index in [0.717, 1.165) is 17.5 Å². The minimum Gasteiger partial charge on any atom is -0.508 e. The van der Waals surface area contributed by atoms with Crippen molar-refractivity contribution in [1.82, 2.24) is 0 Å². The molecule has 0 saturated heterocycles. The van der Waals surface area contributed by atoms with Gasteiger partial charge in [-0.15, -0.1) is 0 Å². The van der Waals surface area contributed by atoms with E-state index in [4.69, 9.17) is 0 Å². The minimum atomic E-state index is -0.449. The molecule has 1 aromatic carbocycles. The highest BCUT2D eigenvalue weighted by Crippen LogP contribution is 2.60. The standard InChI is InChI=1S/C20H30O2/c1-12(2)17-14(21)8-7-13-18(17)15(22)11-16-19(3,4)9-6-10-20(13,16)5/h7-8,12,15-16,21-22H,6,9-11H2,1-5H3/t15?,16-,20+/m0/s1. The Bertz CT molecular complexity index is 588. The van der Waals surface area contributed by atoms with Crippen LogP contribution in [0.5, 0.6) is 5.75 Å². The Morgan fingerprint density at radius 1 is 1.14 bits per heavy atom. The van der Waals surface area contributed by atoms with Crippen LogP contribution in [0.15, 0.2) is 12.1 Å². The number of aliphatic hydroxyl groups is 1. The summed E-state index contributed by atoms with van der Waals surface area (Å²) in [5.41, 5.74) is 3.64. The van der Waals surface area contributed by atoms with E-state index in [1.807, 2.05) is 6.07 Å². The molecule has 1 unspecified atom stereocenters. The molecule has 1 fully saturated rings. The summed E-state index contributed by atoms with van der Waals surface area (Å²) in [7, 11) is 0. The van der Waals surface area contributed by atoms with Gasteiger partial charge in [0.15, 0.2) is 0 Å². The number of aliphatic hydroxyl groups excluding tert-OH is 1. The predicted molar refractivity (Wildman–Crippen MR) is 90.2 cm³/mol. The van der Waals surface area contributed by atoms with Crippen molar-refractivity contribution in [3.8, 4) is 5.75 Å². The number of hydrogen-bond acceptors (Lipinski definition) is 2. The summed E-state index contributed by atoms with van der Waals surface area (Å²) in [5.74, 6) is 1.06. The molecule has 122 valence electrons. The average molecular weight is 302 g/mol. The summed E-state index contributed by atoms with van der Waals surface area (Å²) in [6.45, 7) is 11.3. The first-order chi connectivity index (χ1) is 10.2. The van der Waals surface area contributed by atoms with Gasteiger partial charge in [-0.3, -0.25) is 0 Å². The number of aromatic hydroxyl groups is 1. The molecular formula is C20H30O2. The zero-order valence-corrected chi connectivity index (χ0v) is 14.6. The molecule has 0 amide bonds. The fourth-order valence-electron chi connectivity index (χ4n) is 5.45. The summed E-state index contributed by atoms with van der Waals surface area (Å²) < 4.78 is 0. The van der Waals surface area contributed by atoms with Crippen LogP contribution in [0.4, 0.5) is 0 Å². The lowest BCUT2D eigenvalue weighted by Crippen LogP contribution is -2.49. The van der Waals surface area contributed by atoms with Crippen LogP contribution in [-0.2, 0) is 5.41 Å². The molecule has 0 aliphatic heterocycles. The SMILES string of the molecule is CC(C)c1c(O)ccc2c1C(O)C[C@H]1C(C)(C)CCC[C@]21C. The van der Waals surface area contributed by atoms with Crippen LogP contribution < -0.4 is 0 Å². The zero-order chi connectivity index (χ0) is 16.3. The number of phenols is 1. The second kappa shape index (κ2) is 4.99. The summed E-state index contributed by atoms with van der Waals surface area (Å²) in [6.07, 6.45) is 4.04. The molecule has 3 atom stereocenters. The smallest absolute Gasteiger partial charge is 0.119 e. The van der Waals surface area contributed by atoms with E-state index in [1.54, 1.807) is 0 Å². The van der Waals surface area contributed by atoms with E-state index in [1.165, 1.54) is 24.8 Å². The topological polar surface area (TPSA) is 40.5 Å². The van der Waals surface area contributed by atoms with E-state index in [-0.39, 0.29) is 16.7 Å². The van der Waals surface area contributed by atoms with Crippen LogP contribution in [0.1, 0.15) is 89.0 Å². The van der Waals surface area contributed by atoms with Gasteiger partial charge in [-0.2, -0.15) is 0 Å². The van der Waals surface area contributed by atoms with Gasteiger partial charge in [-0.05, 0) is 59.1 Å². The normalized spacial score (nSPS) is 33.4. The molecule has 2 aliphatic carbocycles. The van der Waals surface area contributed by atoms with Crippen molar-refractivity contribution >= 4 is 0 Å². The number of fused-ring (bicyclic) bond motifs is 3. The van der Waals surface area contributed by atoms with Crippen LogP contribution in [0.3, 0.4) is 0 Å². The third-order valence-corrected chi connectivity index (χ3v) is 6.48. The minimum absolute atomic E-state index is 0.119. The number of phenolic OH excluding ortho intramolecular Hbond substituents is 1. The average Bonchev–Trinajstić information content (AvgIpc) is 2.40. The van der Waals surface area contributed by atoms with Gasteiger partial charge in [-0.1, -0.05) is 47.1 Å². The Kier molecular flexibility index (Phi) is 3.60. The number of hydrogen-bond donors (Lipinski definition) is 2. The molecule has 0 radical (unpaired) electrons. The zero-order valence-electron chi connectivity index (χ0n) is 14.6. The lowest BCUT2D eigenvalue weighted by atomic mass is 9.49. The third kappa shape index (κ3) is 2.11. The van der Waals surface area contributed by atoms with Gasteiger partial charge in [-0.25, -0.2) is 0 Å². The molecule has 0 aromatic heterocycles. The molecule has 22 heavy (non-hydrogen) atoms. The van der Waals surface area contributed by atoms with Crippen LogP contribution in [0.25, 0.3) is 0 Å². The Balaban J connectivity index is 2.24. The first kappa shape index (κ1) is 15.9. The monoisotopic (exact) mass is 302 g/mol. The fourth-order valence-corrected chi connectivity index (χ4v) is 5.45. The molecule has 0 spiro atoms. The Morgan fingerprint density at radius 3 is 2.45 bits per heavy atom. The van der Waals surface area contributed by atoms with Gasteiger partial charge < -0.3 is 10.2 Å². The first-order valence-corrected chi connectivity index (χ1v) is 8.73. The van der Waals surface area contributed by atoms with Crippen LogP contribution >= 0.6 is 0 Å². The highest BCUT2D eigenvalue weighted by atomic mass is 16.3. The third-order valence-electron chi connectivity index (χ3n) is 6.48. The number of benzene rings is 1. The summed E-state index contributed by atoms with van der Waals surface area (Å²) in [5, 5.41) is 21.2. The maximum atomic E-state index is 10.9. The van der Waals surface area contributed by atoms with Crippen molar-refractivity contribution in [3.63, 3.8) is 0 Å². The van der Waals surface area contributed by atoms with E-state index in [9.17, 15) is 10.2 Å². The van der Waals surface area contributed by atoms with Crippen molar-refractivity contribution in [2.45, 2.75) is 77.7 Å². The second-order valence-corrected chi connectivity index (χ2v) is 8.68. The lowest BCUT2D eigenvalue weighted by Gasteiger charge is -2.55.